The molecule has 0 saturated heterocycles. The predicted octanol–water partition coefficient (Wildman–Crippen LogP) is 3.33. The molecule has 0 radical (unpaired) electrons. The minimum Gasteiger partial charge on any atom is -0.336 e. The maximum atomic E-state index is 12.2. The van der Waals surface area contributed by atoms with Crippen molar-refractivity contribution in [2.24, 2.45) is 0 Å². The Labute approximate surface area is 161 Å². The molecule has 0 spiro atoms. The second kappa shape index (κ2) is 9.05. The fraction of sp³-hybridized carbons (Fsp3) is 0.412. The van der Waals surface area contributed by atoms with Gasteiger partial charge in [0.05, 0.1) is 5.25 Å². The van der Waals surface area contributed by atoms with E-state index < -0.39 is 11.3 Å². The average molecular weight is 396 g/mol. The van der Waals surface area contributed by atoms with Gasteiger partial charge in [-0.3, -0.25) is 10.1 Å². The molecule has 1 atom stereocenters. The third kappa shape index (κ3) is 5.22. The van der Waals surface area contributed by atoms with Crippen LogP contribution in [0.1, 0.15) is 27.7 Å². The molecule has 1 heterocycles. The van der Waals surface area contributed by atoms with Crippen LogP contribution in [0.25, 0.3) is 11.4 Å². The molecule has 0 aliphatic rings. The monoisotopic (exact) mass is 395 g/mol. The summed E-state index contributed by atoms with van der Waals surface area (Å²) in [6.45, 7) is 8.00. The number of nitrogens with zero attached hydrogens (tertiary/aromatic N) is 3. The SMILES string of the molecule is CCn1c(S[C@@H](C)C(=O)NC(=O)NC(C)C)nnc1-c1ccc(Cl)cc1. The van der Waals surface area contributed by atoms with Crippen molar-refractivity contribution < 1.29 is 9.59 Å². The number of urea groups is 1. The first-order valence-electron chi connectivity index (χ1n) is 8.29. The standard InChI is InChI=1S/C17H22ClN5O2S/c1-5-23-14(12-6-8-13(18)9-7-12)21-22-17(23)26-11(4)15(24)20-16(25)19-10(2)3/h6-11H,5H2,1-4H3,(H2,19,20,24,25)/t11-/m0/s1. The average Bonchev–Trinajstić information content (AvgIpc) is 2.97. The maximum absolute atomic E-state index is 12.2. The summed E-state index contributed by atoms with van der Waals surface area (Å²) in [4.78, 5) is 23.9. The minimum atomic E-state index is -0.503. The lowest BCUT2D eigenvalue weighted by Gasteiger charge is -2.13. The van der Waals surface area contributed by atoms with E-state index in [0.717, 1.165) is 5.56 Å². The van der Waals surface area contributed by atoms with Gasteiger partial charge in [0, 0.05) is 23.2 Å². The number of aromatic nitrogens is 3. The van der Waals surface area contributed by atoms with Gasteiger partial charge in [0.2, 0.25) is 5.91 Å². The van der Waals surface area contributed by atoms with Gasteiger partial charge in [-0.05, 0) is 52.0 Å². The first kappa shape index (κ1) is 20.3. The molecule has 0 unspecified atom stereocenters. The number of hydrogen-bond donors (Lipinski definition) is 2. The zero-order valence-electron chi connectivity index (χ0n) is 15.1. The van der Waals surface area contributed by atoms with Gasteiger partial charge in [0.25, 0.3) is 0 Å². The van der Waals surface area contributed by atoms with Crippen LogP contribution in [0.5, 0.6) is 0 Å². The minimum absolute atomic E-state index is 0.0455. The van der Waals surface area contributed by atoms with Gasteiger partial charge in [-0.15, -0.1) is 10.2 Å². The third-order valence-electron chi connectivity index (χ3n) is 3.44. The summed E-state index contributed by atoms with van der Waals surface area (Å²) in [6.07, 6.45) is 0. The largest absolute Gasteiger partial charge is 0.336 e. The molecule has 2 N–H and O–H groups in total. The van der Waals surface area contributed by atoms with Gasteiger partial charge in [0.15, 0.2) is 11.0 Å². The van der Waals surface area contributed by atoms with E-state index >= 15 is 0 Å². The van der Waals surface area contributed by atoms with E-state index in [0.29, 0.717) is 22.5 Å². The number of nitrogens with one attached hydrogen (secondary N) is 2. The third-order valence-corrected chi connectivity index (χ3v) is 4.78. The van der Waals surface area contributed by atoms with E-state index in [4.69, 9.17) is 11.6 Å². The van der Waals surface area contributed by atoms with Crippen LogP contribution >= 0.6 is 23.4 Å². The maximum Gasteiger partial charge on any atom is 0.321 e. The normalized spacial score (nSPS) is 12.1. The van der Waals surface area contributed by atoms with Gasteiger partial charge < -0.3 is 9.88 Å². The molecule has 0 aliphatic heterocycles. The van der Waals surface area contributed by atoms with Crippen LogP contribution in [0.4, 0.5) is 4.79 Å². The van der Waals surface area contributed by atoms with Crippen LogP contribution in [0.15, 0.2) is 29.4 Å². The van der Waals surface area contributed by atoms with Crippen molar-refractivity contribution in [3.05, 3.63) is 29.3 Å². The molecule has 2 rings (SSSR count). The number of amides is 3. The quantitative estimate of drug-likeness (QED) is 0.732. The lowest BCUT2D eigenvalue weighted by molar-refractivity contribution is -0.119. The highest BCUT2D eigenvalue weighted by Crippen LogP contribution is 2.27. The van der Waals surface area contributed by atoms with Gasteiger partial charge in [-0.2, -0.15) is 0 Å². The molecule has 1 aromatic carbocycles. The van der Waals surface area contributed by atoms with Gasteiger partial charge >= 0.3 is 6.03 Å². The Morgan fingerprint density at radius 2 is 1.85 bits per heavy atom. The number of thioether (sulfide) groups is 1. The summed E-state index contributed by atoms with van der Waals surface area (Å²) < 4.78 is 1.92. The Morgan fingerprint density at radius 1 is 1.19 bits per heavy atom. The van der Waals surface area contributed by atoms with Crippen LogP contribution < -0.4 is 10.6 Å². The first-order chi connectivity index (χ1) is 12.3. The Hall–Kier alpha value is -2.06. The molecular weight excluding hydrogens is 374 g/mol. The number of halogens is 1. The molecular formula is C17H22ClN5O2S. The number of rotatable bonds is 6. The molecule has 0 fully saturated rings. The molecule has 7 nitrogen and oxygen atoms in total. The fourth-order valence-corrected chi connectivity index (χ4v) is 3.24. The summed E-state index contributed by atoms with van der Waals surface area (Å²) >= 11 is 7.18. The van der Waals surface area contributed by atoms with Crippen LogP contribution in [0, 0.1) is 0 Å². The Balaban J connectivity index is 2.10. The van der Waals surface area contributed by atoms with E-state index in [2.05, 4.69) is 20.8 Å². The van der Waals surface area contributed by atoms with Crippen molar-refractivity contribution in [1.29, 1.82) is 0 Å². The Bertz CT molecular complexity index is 776. The van der Waals surface area contributed by atoms with Crippen molar-refractivity contribution in [2.75, 3.05) is 0 Å². The second-order valence-electron chi connectivity index (χ2n) is 5.93. The van der Waals surface area contributed by atoms with Gasteiger partial charge in [-0.1, -0.05) is 23.4 Å². The summed E-state index contributed by atoms with van der Waals surface area (Å²) in [7, 11) is 0. The number of benzene rings is 1. The zero-order chi connectivity index (χ0) is 19.3. The van der Waals surface area contributed by atoms with E-state index in [1.807, 2.05) is 37.5 Å². The van der Waals surface area contributed by atoms with Crippen LogP contribution in [-0.4, -0.2) is 38.0 Å². The van der Waals surface area contributed by atoms with Crippen molar-refractivity contribution >= 4 is 35.3 Å². The molecule has 2 aromatic rings. The number of carbonyl (C=O) groups excluding carboxylic acids is 2. The number of imide groups is 1. The van der Waals surface area contributed by atoms with Crippen molar-refractivity contribution in [3.8, 4) is 11.4 Å². The van der Waals surface area contributed by atoms with Gasteiger partial charge in [-0.25, -0.2) is 4.79 Å². The van der Waals surface area contributed by atoms with Crippen LogP contribution in [0.3, 0.4) is 0 Å². The van der Waals surface area contributed by atoms with E-state index in [1.54, 1.807) is 19.1 Å². The molecule has 3 amide bonds. The molecule has 0 saturated carbocycles. The molecule has 140 valence electrons. The van der Waals surface area contributed by atoms with Crippen LogP contribution in [-0.2, 0) is 11.3 Å². The van der Waals surface area contributed by atoms with Crippen molar-refractivity contribution in [1.82, 2.24) is 25.4 Å². The zero-order valence-corrected chi connectivity index (χ0v) is 16.7. The highest BCUT2D eigenvalue weighted by atomic mass is 35.5. The van der Waals surface area contributed by atoms with E-state index in [1.165, 1.54) is 11.8 Å². The Morgan fingerprint density at radius 3 is 2.42 bits per heavy atom. The van der Waals surface area contributed by atoms with Crippen molar-refractivity contribution in [2.45, 2.75) is 50.7 Å². The lowest BCUT2D eigenvalue weighted by Crippen LogP contribution is -2.45. The molecule has 0 bridgehead atoms. The Kier molecular flexibility index (Phi) is 7.05. The number of carbonyl (C=O) groups is 2. The summed E-state index contributed by atoms with van der Waals surface area (Å²) in [5, 5.41) is 14.2. The molecule has 0 aliphatic carbocycles. The van der Waals surface area contributed by atoms with E-state index in [9.17, 15) is 9.59 Å². The smallest absolute Gasteiger partial charge is 0.321 e. The lowest BCUT2D eigenvalue weighted by atomic mass is 10.2. The summed E-state index contributed by atoms with van der Waals surface area (Å²) in [5.74, 6) is 0.323. The predicted molar refractivity (Wildman–Crippen MR) is 103 cm³/mol. The second-order valence-corrected chi connectivity index (χ2v) is 7.68. The molecule has 9 heteroatoms. The van der Waals surface area contributed by atoms with Crippen molar-refractivity contribution in [3.63, 3.8) is 0 Å². The molecule has 26 heavy (non-hydrogen) atoms. The first-order valence-corrected chi connectivity index (χ1v) is 9.54. The number of hydrogen-bond acceptors (Lipinski definition) is 5. The summed E-state index contributed by atoms with van der Waals surface area (Å²) in [5.41, 5.74) is 0.893. The van der Waals surface area contributed by atoms with Crippen LogP contribution in [0.2, 0.25) is 5.02 Å². The van der Waals surface area contributed by atoms with Gasteiger partial charge in [0.1, 0.15) is 0 Å². The topological polar surface area (TPSA) is 88.9 Å². The fourth-order valence-electron chi connectivity index (χ4n) is 2.20. The summed E-state index contributed by atoms with van der Waals surface area (Å²) in [6, 6.07) is 6.79. The highest BCUT2D eigenvalue weighted by molar-refractivity contribution is 8.00. The highest BCUT2D eigenvalue weighted by Gasteiger charge is 2.21. The van der Waals surface area contributed by atoms with E-state index in [-0.39, 0.29) is 11.9 Å². The molecule has 1 aromatic heterocycles.